The minimum atomic E-state index is 0.0755. The minimum absolute atomic E-state index is 0.0755. The molecule has 2 aromatic heterocycles. The van der Waals surface area contributed by atoms with Crippen molar-refractivity contribution in [2.45, 2.75) is 12.3 Å². The summed E-state index contributed by atoms with van der Waals surface area (Å²) in [6, 6.07) is 11.9. The first-order valence-corrected chi connectivity index (χ1v) is 8.42. The van der Waals surface area contributed by atoms with Gasteiger partial charge in [-0.2, -0.15) is 16.3 Å². The lowest BCUT2D eigenvalue weighted by atomic mass is 9.99. The van der Waals surface area contributed by atoms with Gasteiger partial charge in [-0.3, -0.25) is 4.79 Å². The highest BCUT2D eigenvalue weighted by Crippen LogP contribution is 2.27. The second kappa shape index (κ2) is 5.96. The first-order chi connectivity index (χ1) is 11.3. The summed E-state index contributed by atoms with van der Waals surface area (Å²) in [6.07, 6.45) is 0.661. The Balaban J connectivity index is 1.37. The number of benzene rings is 1. The third-order valence-corrected chi connectivity index (χ3v) is 4.66. The number of carbonyl (C=O) groups excluding carboxylic acids is 1. The van der Waals surface area contributed by atoms with Gasteiger partial charge in [-0.25, -0.2) is 0 Å². The van der Waals surface area contributed by atoms with Gasteiger partial charge in [0.1, 0.15) is 0 Å². The highest BCUT2D eigenvalue weighted by Gasteiger charge is 2.36. The number of rotatable bonds is 4. The average molecular weight is 325 g/mol. The van der Waals surface area contributed by atoms with Gasteiger partial charge in [-0.1, -0.05) is 35.5 Å². The Morgan fingerprint density at radius 3 is 2.83 bits per heavy atom. The molecule has 1 amide bonds. The molecule has 0 bridgehead atoms. The molecule has 0 spiro atoms. The van der Waals surface area contributed by atoms with Gasteiger partial charge < -0.3 is 9.42 Å². The van der Waals surface area contributed by atoms with Gasteiger partial charge in [-0.05, 0) is 17.0 Å². The predicted molar refractivity (Wildman–Crippen MR) is 86.5 cm³/mol. The molecule has 23 heavy (non-hydrogen) atoms. The van der Waals surface area contributed by atoms with Gasteiger partial charge in [-0.15, -0.1) is 0 Å². The molecule has 3 heterocycles. The van der Waals surface area contributed by atoms with E-state index in [0.29, 0.717) is 31.2 Å². The van der Waals surface area contributed by atoms with Crippen molar-refractivity contribution in [1.29, 1.82) is 0 Å². The third-order valence-electron chi connectivity index (χ3n) is 3.97. The zero-order chi connectivity index (χ0) is 15.6. The molecule has 4 rings (SSSR count). The van der Waals surface area contributed by atoms with E-state index in [0.717, 1.165) is 11.1 Å². The van der Waals surface area contributed by atoms with Crippen LogP contribution in [-0.2, 0) is 6.42 Å². The molecule has 1 aromatic carbocycles. The van der Waals surface area contributed by atoms with Crippen LogP contribution in [-0.4, -0.2) is 34.0 Å². The topological polar surface area (TPSA) is 59.2 Å². The Labute approximate surface area is 137 Å². The van der Waals surface area contributed by atoms with Crippen LogP contribution in [0.5, 0.6) is 0 Å². The van der Waals surface area contributed by atoms with Crippen LogP contribution in [0.2, 0.25) is 0 Å². The largest absolute Gasteiger partial charge is 0.339 e. The van der Waals surface area contributed by atoms with E-state index >= 15 is 0 Å². The number of thiophene rings is 1. The smallest absolute Gasteiger partial charge is 0.254 e. The second-order valence-corrected chi connectivity index (χ2v) is 6.41. The van der Waals surface area contributed by atoms with Crippen molar-refractivity contribution in [3.05, 3.63) is 70.0 Å². The SMILES string of the molecule is O=C(c1ccsc1)N1CC(c2nc(Cc3ccccc3)no2)C1. The van der Waals surface area contributed by atoms with E-state index in [1.54, 1.807) is 0 Å². The van der Waals surface area contributed by atoms with Gasteiger partial charge in [0.15, 0.2) is 5.82 Å². The van der Waals surface area contributed by atoms with Crippen molar-refractivity contribution in [1.82, 2.24) is 15.0 Å². The van der Waals surface area contributed by atoms with Gasteiger partial charge in [0, 0.05) is 24.9 Å². The molecular weight excluding hydrogens is 310 g/mol. The van der Waals surface area contributed by atoms with Crippen LogP contribution in [0, 0.1) is 0 Å². The van der Waals surface area contributed by atoms with Gasteiger partial charge in [0.2, 0.25) is 5.89 Å². The highest BCUT2D eigenvalue weighted by molar-refractivity contribution is 7.08. The molecule has 0 N–H and O–H groups in total. The molecule has 1 aliphatic heterocycles. The lowest BCUT2D eigenvalue weighted by Crippen LogP contribution is -2.48. The fourth-order valence-electron chi connectivity index (χ4n) is 2.65. The average Bonchev–Trinajstić information content (AvgIpc) is 3.18. The molecule has 0 unspecified atom stereocenters. The summed E-state index contributed by atoms with van der Waals surface area (Å²) in [5, 5.41) is 7.84. The number of nitrogens with zero attached hydrogens (tertiary/aromatic N) is 3. The monoisotopic (exact) mass is 325 g/mol. The molecule has 6 heteroatoms. The Bertz CT molecular complexity index is 792. The van der Waals surface area contributed by atoms with E-state index in [9.17, 15) is 4.79 Å². The van der Waals surface area contributed by atoms with Crippen LogP contribution in [0.4, 0.5) is 0 Å². The van der Waals surface area contributed by atoms with Crippen molar-refractivity contribution in [3.63, 3.8) is 0 Å². The molecule has 1 fully saturated rings. The molecule has 116 valence electrons. The van der Waals surface area contributed by atoms with E-state index in [1.807, 2.05) is 52.1 Å². The van der Waals surface area contributed by atoms with Crippen molar-refractivity contribution in [2.75, 3.05) is 13.1 Å². The van der Waals surface area contributed by atoms with Crippen LogP contribution in [0.25, 0.3) is 0 Å². The van der Waals surface area contributed by atoms with E-state index < -0.39 is 0 Å². The van der Waals surface area contributed by atoms with Gasteiger partial charge >= 0.3 is 0 Å². The summed E-state index contributed by atoms with van der Waals surface area (Å²) in [7, 11) is 0. The standard InChI is InChI=1S/C17H15N3O2S/c21-17(13-6-7-23-11-13)20-9-14(10-20)16-18-15(19-22-16)8-12-4-2-1-3-5-12/h1-7,11,14H,8-10H2. The van der Waals surface area contributed by atoms with E-state index in [1.165, 1.54) is 11.3 Å². The molecule has 0 atom stereocenters. The number of hydrogen-bond donors (Lipinski definition) is 0. The molecule has 0 saturated carbocycles. The summed E-state index contributed by atoms with van der Waals surface area (Å²) in [4.78, 5) is 18.5. The molecule has 0 aliphatic carbocycles. The number of amides is 1. The predicted octanol–water partition coefficient (Wildman–Crippen LogP) is 2.96. The number of hydrogen-bond acceptors (Lipinski definition) is 5. The lowest BCUT2D eigenvalue weighted by Gasteiger charge is -2.36. The first kappa shape index (κ1) is 14.1. The Hall–Kier alpha value is -2.47. The van der Waals surface area contributed by atoms with Crippen molar-refractivity contribution in [2.24, 2.45) is 0 Å². The van der Waals surface area contributed by atoms with E-state index in [4.69, 9.17) is 4.52 Å². The molecule has 1 saturated heterocycles. The van der Waals surface area contributed by atoms with Crippen LogP contribution in [0.15, 0.2) is 51.7 Å². The summed E-state index contributed by atoms with van der Waals surface area (Å²) >= 11 is 1.53. The van der Waals surface area contributed by atoms with Gasteiger partial charge in [0.05, 0.1) is 11.5 Å². The maximum absolute atomic E-state index is 12.2. The number of likely N-dealkylation sites (tertiary alicyclic amines) is 1. The number of carbonyl (C=O) groups is 1. The van der Waals surface area contributed by atoms with Crippen molar-refractivity contribution < 1.29 is 9.32 Å². The van der Waals surface area contributed by atoms with E-state index in [2.05, 4.69) is 10.1 Å². The molecular formula is C17H15N3O2S. The Morgan fingerprint density at radius 1 is 1.26 bits per heavy atom. The highest BCUT2D eigenvalue weighted by atomic mass is 32.1. The summed E-state index contributed by atoms with van der Waals surface area (Å²) in [6.45, 7) is 1.28. The summed E-state index contributed by atoms with van der Waals surface area (Å²) in [5.41, 5.74) is 1.91. The lowest BCUT2D eigenvalue weighted by molar-refractivity contribution is 0.0570. The fraction of sp³-hybridized carbons (Fsp3) is 0.235. The third kappa shape index (κ3) is 2.90. The van der Waals surface area contributed by atoms with Crippen LogP contribution >= 0.6 is 11.3 Å². The number of aromatic nitrogens is 2. The quantitative estimate of drug-likeness (QED) is 0.740. The second-order valence-electron chi connectivity index (χ2n) is 5.63. The van der Waals surface area contributed by atoms with Crippen molar-refractivity contribution in [3.8, 4) is 0 Å². The van der Waals surface area contributed by atoms with Gasteiger partial charge in [0.25, 0.3) is 5.91 Å². The summed E-state index contributed by atoms with van der Waals surface area (Å²) < 4.78 is 5.36. The van der Waals surface area contributed by atoms with Crippen LogP contribution in [0.3, 0.4) is 0 Å². The maximum atomic E-state index is 12.2. The van der Waals surface area contributed by atoms with Crippen molar-refractivity contribution >= 4 is 17.2 Å². The maximum Gasteiger partial charge on any atom is 0.254 e. The molecule has 0 radical (unpaired) electrons. The van der Waals surface area contributed by atoms with Crippen LogP contribution in [0.1, 0.15) is 33.6 Å². The van der Waals surface area contributed by atoms with Crippen LogP contribution < -0.4 is 0 Å². The zero-order valence-electron chi connectivity index (χ0n) is 12.4. The normalized spacial score (nSPS) is 14.7. The fourth-order valence-corrected chi connectivity index (χ4v) is 3.28. The first-order valence-electron chi connectivity index (χ1n) is 7.47. The molecule has 1 aliphatic rings. The molecule has 3 aromatic rings. The zero-order valence-corrected chi connectivity index (χ0v) is 13.2. The Kier molecular flexibility index (Phi) is 3.67. The Morgan fingerprint density at radius 2 is 2.09 bits per heavy atom. The summed E-state index contributed by atoms with van der Waals surface area (Å²) in [5.74, 6) is 1.54. The van der Waals surface area contributed by atoms with E-state index in [-0.39, 0.29) is 11.8 Å². The molecule has 5 nitrogen and oxygen atoms in total. The minimum Gasteiger partial charge on any atom is -0.339 e.